The fourth-order valence-corrected chi connectivity index (χ4v) is 3.16. The zero-order valence-electron chi connectivity index (χ0n) is 11.7. The molecule has 3 rings (SSSR count). The van der Waals surface area contributed by atoms with Crippen LogP contribution in [0.15, 0.2) is 12.3 Å². The summed E-state index contributed by atoms with van der Waals surface area (Å²) in [5, 5.41) is 4.61. The third-order valence-electron chi connectivity index (χ3n) is 3.96. The number of alkyl halides is 3. The van der Waals surface area contributed by atoms with Crippen LogP contribution in [0.4, 0.5) is 23.8 Å². The summed E-state index contributed by atoms with van der Waals surface area (Å²) in [5.74, 6) is -0.289. The number of rotatable bonds is 1. The minimum absolute atomic E-state index is 0.0999. The Morgan fingerprint density at radius 3 is 2.65 bits per heavy atom. The van der Waals surface area contributed by atoms with Gasteiger partial charge in [0.25, 0.3) is 5.91 Å². The van der Waals surface area contributed by atoms with E-state index < -0.39 is 29.2 Å². The highest BCUT2D eigenvalue weighted by molar-refractivity contribution is 6.33. The Labute approximate surface area is 134 Å². The Morgan fingerprint density at radius 2 is 2.09 bits per heavy atom. The van der Waals surface area contributed by atoms with Crippen LogP contribution in [-0.4, -0.2) is 35.6 Å². The van der Waals surface area contributed by atoms with Gasteiger partial charge in [0.15, 0.2) is 0 Å². The second kappa shape index (κ2) is 5.26. The molecule has 6 nitrogen and oxygen atoms in total. The SMILES string of the molecule is O=C1NC(=O)C2(CCCN(c3ncc(C(F)(F)F)cc3Cl)C2)N1. The van der Waals surface area contributed by atoms with Crippen LogP contribution in [0, 0.1) is 0 Å². The number of nitrogens with one attached hydrogen (secondary N) is 2. The normalized spacial score (nSPS) is 24.8. The number of carbonyl (C=O) groups excluding carboxylic acids is 2. The Balaban J connectivity index is 1.88. The molecule has 0 aliphatic carbocycles. The van der Waals surface area contributed by atoms with E-state index in [2.05, 4.69) is 15.6 Å². The van der Waals surface area contributed by atoms with Crippen LogP contribution >= 0.6 is 11.6 Å². The monoisotopic (exact) mass is 348 g/mol. The van der Waals surface area contributed by atoms with Crippen LogP contribution in [0.1, 0.15) is 18.4 Å². The van der Waals surface area contributed by atoms with Gasteiger partial charge in [0.05, 0.1) is 17.1 Å². The average molecular weight is 349 g/mol. The number of hydrogen-bond donors (Lipinski definition) is 2. The fraction of sp³-hybridized carbons (Fsp3) is 0.462. The van der Waals surface area contributed by atoms with Gasteiger partial charge in [-0.15, -0.1) is 0 Å². The molecular formula is C13H12ClF3N4O2. The van der Waals surface area contributed by atoms with Gasteiger partial charge in [0.1, 0.15) is 11.4 Å². The maximum Gasteiger partial charge on any atom is 0.417 e. The van der Waals surface area contributed by atoms with Gasteiger partial charge in [0.2, 0.25) is 0 Å². The minimum atomic E-state index is -4.53. The van der Waals surface area contributed by atoms with Crippen molar-refractivity contribution in [2.75, 3.05) is 18.0 Å². The summed E-state index contributed by atoms with van der Waals surface area (Å²) < 4.78 is 38.0. The number of aromatic nitrogens is 1. The topological polar surface area (TPSA) is 74.3 Å². The highest BCUT2D eigenvalue weighted by atomic mass is 35.5. The molecule has 2 N–H and O–H groups in total. The summed E-state index contributed by atoms with van der Waals surface area (Å²) in [5.41, 5.74) is -2.03. The Kier molecular flexibility index (Phi) is 3.62. The smallest absolute Gasteiger partial charge is 0.352 e. The van der Waals surface area contributed by atoms with Crippen molar-refractivity contribution in [2.45, 2.75) is 24.6 Å². The van der Waals surface area contributed by atoms with Crippen molar-refractivity contribution in [3.63, 3.8) is 0 Å². The zero-order valence-corrected chi connectivity index (χ0v) is 12.5. The fourth-order valence-electron chi connectivity index (χ4n) is 2.87. The van der Waals surface area contributed by atoms with Gasteiger partial charge >= 0.3 is 12.2 Å². The lowest BCUT2D eigenvalue weighted by molar-refractivity contribution is -0.137. The molecule has 3 amide bonds. The molecule has 0 aromatic carbocycles. The van der Waals surface area contributed by atoms with Crippen LogP contribution in [0.3, 0.4) is 0 Å². The first-order valence-corrected chi connectivity index (χ1v) is 7.20. The second-order valence-electron chi connectivity index (χ2n) is 5.54. The van der Waals surface area contributed by atoms with Crippen LogP contribution in [0.25, 0.3) is 0 Å². The van der Waals surface area contributed by atoms with Crippen LogP contribution < -0.4 is 15.5 Å². The van der Waals surface area contributed by atoms with Gasteiger partial charge < -0.3 is 10.2 Å². The predicted octanol–water partition coefficient (Wildman–Crippen LogP) is 1.93. The maximum absolute atomic E-state index is 12.7. The summed E-state index contributed by atoms with van der Waals surface area (Å²) in [6, 6.07) is 0.224. The summed E-state index contributed by atoms with van der Waals surface area (Å²) >= 11 is 5.94. The van der Waals surface area contributed by atoms with Gasteiger partial charge in [-0.3, -0.25) is 10.1 Å². The van der Waals surface area contributed by atoms with E-state index in [1.54, 1.807) is 4.90 Å². The largest absolute Gasteiger partial charge is 0.417 e. The van der Waals surface area contributed by atoms with Gasteiger partial charge in [-0.1, -0.05) is 11.6 Å². The Hall–Kier alpha value is -2.03. The van der Waals surface area contributed by atoms with Crippen molar-refractivity contribution < 1.29 is 22.8 Å². The maximum atomic E-state index is 12.7. The Morgan fingerprint density at radius 1 is 1.35 bits per heavy atom. The molecule has 23 heavy (non-hydrogen) atoms. The number of pyridine rings is 1. The lowest BCUT2D eigenvalue weighted by Gasteiger charge is -2.38. The van der Waals surface area contributed by atoms with Gasteiger partial charge in [-0.05, 0) is 18.9 Å². The minimum Gasteiger partial charge on any atom is -0.352 e. The molecule has 124 valence electrons. The van der Waals surface area contributed by atoms with E-state index in [1.165, 1.54) is 0 Å². The summed E-state index contributed by atoms with van der Waals surface area (Å²) in [6.07, 6.45) is -2.82. The van der Waals surface area contributed by atoms with E-state index in [0.29, 0.717) is 25.6 Å². The number of piperidine rings is 1. The van der Waals surface area contributed by atoms with Crippen molar-refractivity contribution in [2.24, 2.45) is 0 Å². The molecule has 2 aliphatic rings. The molecule has 1 aromatic heterocycles. The quantitative estimate of drug-likeness (QED) is 0.761. The first-order valence-electron chi connectivity index (χ1n) is 6.83. The third-order valence-corrected chi connectivity index (χ3v) is 4.23. The highest BCUT2D eigenvalue weighted by Crippen LogP contribution is 2.35. The van der Waals surface area contributed by atoms with Gasteiger partial charge in [-0.2, -0.15) is 13.2 Å². The molecule has 1 atom stereocenters. The number of hydrogen-bond acceptors (Lipinski definition) is 4. The molecule has 1 aromatic rings. The molecule has 0 saturated carbocycles. The summed E-state index contributed by atoms with van der Waals surface area (Å²) in [6.45, 7) is 0.575. The standard InChI is InChI=1S/C13H12ClF3N4O2/c14-8-4-7(13(15,16)17)5-18-9(8)21-3-1-2-12(6-21)10(22)19-11(23)20-12/h4-5H,1-3,6H2,(H2,19,20,22,23). The van der Waals surface area contributed by atoms with E-state index in [-0.39, 0.29) is 17.4 Å². The molecule has 0 radical (unpaired) electrons. The molecule has 1 unspecified atom stereocenters. The van der Waals surface area contributed by atoms with E-state index in [1.807, 2.05) is 0 Å². The third kappa shape index (κ3) is 2.80. The van der Waals surface area contributed by atoms with E-state index in [9.17, 15) is 22.8 Å². The van der Waals surface area contributed by atoms with Crippen molar-refractivity contribution in [3.05, 3.63) is 22.8 Å². The first kappa shape index (κ1) is 15.9. The van der Waals surface area contributed by atoms with E-state index in [4.69, 9.17) is 11.6 Å². The highest BCUT2D eigenvalue weighted by Gasteiger charge is 2.49. The number of imide groups is 1. The first-order chi connectivity index (χ1) is 10.7. The number of urea groups is 1. The van der Waals surface area contributed by atoms with Crippen molar-refractivity contribution >= 4 is 29.4 Å². The molecule has 0 bridgehead atoms. The molecule has 2 fully saturated rings. The predicted molar refractivity (Wildman–Crippen MR) is 75.1 cm³/mol. The van der Waals surface area contributed by atoms with Crippen molar-refractivity contribution in [1.82, 2.24) is 15.6 Å². The molecule has 1 spiro atoms. The van der Waals surface area contributed by atoms with Gasteiger partial charge in [0, 0.05) is 12.7 Å². The number of anilines is 1. The number of amides is 3. The lowest BCUT2D eigenvalue weighted by atomic mass is 9.89. The number of nitrogens with zero attached hydrogens (tertiary/aromatic N) is 2. The molecule has 10 heteroatoms. The molecular weight excluding hydrogens is 337 g/mol. The van der Waals surface area contributed by atoms with Gasteiger partial charge in [-0.25, -0.2) is 9.78 Å². The van der Waals surface area contributed by atoms with Crippen LogP contribution in [-0.2, 0) is 11.0 Å². The molecule has 3 heterocycles. The lowest BCUT2D eigenvalue weighted by Crippen LogP contribution is -2.58. The second-order valence-corrected chi connectivity index (χ2v) is 5.95. The molecule has 2 aliphatic heterocycles. The van der Waals surface area contributed by atoms with E-state index in [0.717, 1.165) is 6.07 Å². The van der Waals surface area contributed by atoms with Crippen molar-refractivity contribution in [3.8, 4) is 0 Å². The Bertz CT molecular complexity index is 682. The average Bonchev–Trinajstić information content (AvgIpc) is 2.71. The van der Waals surface area contributed by atoms with Crippen molar-refractivity contribution in [1.29, 1.82) is 0 Å². The summed E-state index contributed by atoms with van der Waals surface area (Å²) in [7, 11) is 0. The van der Waals surface area contributed by atoms with E-state index >= 15 is 0 Å². The number of carbonyl (C=O) groups is 2. The summed E-state index contributed by atoms with van der Waals surface area (Å²) in [4.78, 5) is 28.8. The van der Waals surface area contributed by atoms with Crippen LogP contribution in [0.5, 0.6) is 0 Å². The molecule has 2 saturated heterocycles. The van der Waals surface area contributed by atoms with Crippen LogP contribution in [0.2, 0.25) is 5.02 Å². The zero-order chi connectivity index (χ0) is 16.8. The number of halogens is 4.